The maximum absolute atomic E-state index is 12.2. The molecule has 0 spiro atoms. The molecule has 0 unspecified atom stereocenters. The highest BCUT2D eigenvalue weighted by Gasteiger charge is 2.17. The van der Waals surface area contributed by atoms with Crippen molar-refractivity contribution in [3.63, 3.8) is 0 Å². The van der Waals surface area contributed by atoms with Crippen LogP contribution in [0.5, 0.6) is 5.75 Å². The number of hydrazone groups is 1. The summed E-state index contributed by atoms with van der Waals surface area (Å²) >= 11 is 0. The van der Waals surface area contributed by atoms with E-state index in [-0.39, 0.29) is 16.6 Å². The van der Waals surface area contributed by atoms with E-state index in [0.717, 1.165) is 0 Å². The Morgan fingerprint density at radius 1 is 1.09 bits per heavy atom. The van der Waals surface area contributed by atoms with E-state index in [9.17, 15) is 13.2 Å². The van der Waals surface area contributed by atoms with Crippen LogP contribution in [-0.4, -0.2) is 20.5 Å². The molecular weight excluding hydrogens is 304 g/mol. The van der Waals surface area contributed by atoms with Gasteiger partial charge in [0.1, 0.15) is 4.90 Å². The largest absolute Gasteiger partial charge is 0.378 e. The Balaban J connectivity index is 2.27. The fourth-order valence-electron chi connectivity index (χ4n) is 1.61. The highest BCUT2D eigenvalue weighted by molar-refractivity contribution is 7.87. The van der Waals surface area contributed by atoms with Gasteiger partial charge in [-0.1, -0.05) is 30.3 Å². The Hall–Kier alpha value is -2.67. The van der Waals surface area contributed by atoms with E-state index >= 15 is 0 Å². The summed E-state index contributed by atoms with van der Waals surface area (Å²) in [4.78, 5) is 10.8. The molecule has 0 aliphatic carbocycles. The van der Waals surface area contributed by atoms with Crippen molar-refractivity contribution >= 4 is 22.2 Å². The summed E-state index contributed by atoms with van der Waals surface area (Å²) in [5, 5.41) is 3.71. The molecule has 6 nitrogen and oxygen atoms in total. The third-order valence-corrected chi connectivity index (χ3v) is 3.82. The van der Waals surface area contributed by atoms with Crippen molar-refractivity contribution in [2.45, 2.75) is 11.8 Å². The van der Waals surface area contributed by atoms with Crippen molar-refractivity contribution in [1.82, 2.24) is 5.43 Å². The highest BCUT2D eigenvalue weighted by Crippen LogP contribution is 2.21. The quantitative estimate of drug-likeness (QED) is 0.518. The predicted molar refractivity (Wildman–Crippen MR) is 82.1 cm³/mol. The summed E-state index contributed by atoms with van der Waals surface area (Å²) in [5.41, 5.74) is 2.67. The van der Waals surface area contributed by atoms with Gasteiger partial charge >= 0.3 is 10.1 Å². The number of amides is 1. The Labute approximate surface area is 128 Å². The maximum Gasteiger partial charge on any atom is 0.339 e. The number of hydrogen-bond donors (Lipinski definition) is 1. The molecule has 0 bridgehead atoms. The Bertz CT molecular complexity index is 786. The van der Waals surface area contributed by atoms with Gasteiger partial charge < -0.3 is 4.18 Å². The van der Waals surface area contributed by atoms with E-state index in [0.29, 0.717) is 5.56 Å². The van der Waals surface area contributed by atoms with Crippen LogP contribution in [0.25, 0.3) is 0 Å². The second kappa shape index (κ2) is 6.86. The van der Waals surface area contributed by atoms with Crippen molar-refractivity contribution < 1.29 is 17.4 Å². The Morgan fingerprint density at radius 3 is 2.41 bits per heavy atom. The van der Waals surface area contributed by atoms with Crippen molar-refractivity contribution in [3.05, 3.63) is 60.2 Å². The molecule has 7 heteroatoms. The summed E-state index contributed by atoms with van der Waals surface area (Å²) in [5.74, 6) is -0.202. The minimum Gasteiger partial charge on any atom is -0.378 e. The van der Waals surface area contributed by atoms with E-state index in [4.69, 9.17) is 4.18 Å². The number of benzene rings is 2. The third-order valence-electron chi connectivity index (χ3n) is 2.58. The topological polar surface area (TPSA) is 84.8 Å². The summed E-state index contributed by atoms with van der Waals surface area (Å²) in [6.07, 6.45) is 1.32. The van der Waals surface area contributed by atoms with Crippen LogP contribution in [0.3, 0.4) is 0 Å². The zero-order valence-corrected chi connectivity index (χ0v) is 12.6. The third kappa shape index (κ3) is 4.16. The van der Waals surface area contributed by atoms with Gasteiger partial charge in [0, 0.05) is 12.5 Å². The fourth-order valence-corrected chi connectivity index (χ4v) is 2.58. The molecule has 0 aromatic heterocycles. The summed E-state index contributed by atoms with van der Waals surface area (Å²) in [6, 6.07) is 14.3. The molecule has 0 saturated carbocycles. The van der Waals surface area contributed by atoms with Crippen LogP contribution in [-0.2, 0) is 14.9 Å². The van der Waals surface area contributed by atoms with Crippen molar-refractivity contribution in [2.75, 3.05) is 0 Å². The van der Waals surface area contributed by atoms with E-state index in [1.165, 1.54) is 31.3 Å². The lowest BCUT2D eigenvalue weighted by Gasteiger charge is -2.09. The number of rotatable bonds is 5. The standard InChI is InChI=1S/C15H14N2O4S/c1-12(18)17-16-11-13-7-5-6-10-15(13)21-22(19,20)14-8-3-2-4-9-14/h2-11H,1H3,(H,17,18). The normalized spacial score (nSPS) is 11.3. The first-order chi connectivity index (χ1) is 10.5. The molecule has 2 aromatic rings. The molecule has 0 aliphatic heterocycles. The molecule has 1 amide bonds. The van der Waals surface area contributed by atoms with E-state index in [1.54, 1.807) is 36.4 Å². The van der Waals surface area contributed by atoms with Crippen LogP contribution in [0.15, 0.2) is 64.6 Å². The minimum atomic E-state index is -3.93. The molecule has 1 N–H and O–H groups in total. The number of carbonyl (C=O) groups excluding carboxylic acids is 1. The first kappa shape index (κ1) is 15.7. The molecule has 2 aromatic carbocycles. The lowest BCUT2D eigenvalue weighted by Crippen LogP contribution is -2.13. The second-order valence-corrected chi connectivity index (χ2v) is 5.86. The first-order valence-electron chi connectivity index (χ1n) is 6.37. The van der Waals surface area contributed by atoms with Gasteiger partial charge in [0.25, 0.3) is 0 Å². The van der Waals surface area contributed by atoms with Gasteiger partial charge in [-0.25, -0.2) is 5.43 Å². The average molecular weight is 318 g/mol. The summed E-state index contributed by atoms with van der Waals surface area (Å²) < 4.78 is 29.5. The number of carbonyl (C=O) groups is 1. The molecule has 2 rings (SSSR count). The predicted octanol–water partition coefficient (Wildman–Crippen LogP) is 1.92. The first-order valence-corrected chi connectivity index (χ1v) is 7.78. The number of nitrogens with one attached hydrogen (secondary N) is 1. The van der Waals surface area contributed by atoms with E-state index in [1.807, 2.05) is 0 Å². The lowest BCUT2D eigenvalue weighted by molar-refractivity contribution is -0.118. The van der Waals surface area contributed by atoms with Gasteiger partial charge in [0.15, 0.2) is 5.75 Å². The Kier molecular flexibility index (Phi) is 4.90. The van der Waals surface area contributed by atoms with Gasteiger partial charge in [0.2, 0.25) is 5.91 Å². The molecule has 114 valence electrons. The van der Waals surface area contributed by atoms with Crippen molar-refractivity contribution in [1.29, 1.82) is 0 Å². The molecule has 0 atom stereocenters. The molecule has 0 saturated heterocycles. The summed E-state index contributed by atoms with van der Waals surface area (Å²) in [7, 11) is -3.93. The zero-order chi connectivity index (χ0) is 16.0. The molecule has 0 fully saturated rings. The van der Waals surface area contributed by atoms with Crippen molar-refractivity contribution in [2.24, 2.45) is 5.10 Å². The maximum atomic E-state index is 12.2. The summed E-state index contributed by atoms with van der Waals surface area (Å²) in [6.45, 7) is 1.32. The number of para-hydroxylation sites is 1. The van der Waals surface area contributed by atoms with Crippen LogP contribution >= 0.6 is 0 Å². The molecular formula is C15H14N2O4S. The van der Waals surface area contributed by atoms with Crippen LogP contribution in [0.1, 0.15) is 12.5 Å². The van der Waals surface area contributed by atoms with Gasteiger partial charge in [0.05, 0.1) is 6.21 Å². The zero-order valence-electron chi connectivity index (χ0n) is 11.8. The Morgan fingerprint density at radius 2 is 1.73 bits per heavy atom. The van der Waals surface area contributed by atoms with Gasteiger partial charge in [-0.2, -0.15) is 13.5 Å². The lowest BCUT2D eigenvalue weighted by atomic mass is 10.2. The van der Waals surface area contributed by atoms with Crippen LogP contribution in [0.4, 0.5) is 0 Å². The fraction of sp³-hybridized carbons (Fsp3) is 0.0667. The molecule has 0 radical (unpaired) electrons. The highest BCUT2D eigenvalue weighted by atomic mass is 32.2. The molecule has 0 heterocycles. The van der Waals surface area contributed by atoms with Crippen molar-refractivity contribution in [3.8, 4) is 5.75 Å². The van der Waals surface area contributed by atoms with E-state index < -0.39 is 10.1 Å². The van der Waals surface area contributed by atoms with Crippen LogP contribution in [0, 0.1) is 0 Å². The van der Waals surface area contributed by atoms with E-state index in [2.05, 4.69) is 10.5 Å². The van der Waals surface area contributed by atoms with Crippen LogP contribution < -0.4 is 9.61 Å². The van der Waals surface area contributed by atoms with Gasteiger partial charge in [-0.05, 0) is 24.3 Å². The average Bonchev–Trinajstić information content (AvgIpc) is 2.49. The molecule has 22 heavy (non-hydrogen) atoms. The minimum absolute atomic E-state index is 0.0589. The monoisotopic (exact) mass is 318 g/mol. The SMILES string of the molecule is CC(=O)NN=Cc1ccccc1OS(=O)(=O)c1ccccc1. The van der Waals surface area contributed by atoms with Gasteiger partial charge in [-0.3, -0.25) is 4.79 Å². The molecule has 0 aliphatic rings. The number of nitrogens with zero attached hydrogens (tertiary/aromatic N) is 1. The smallest absolute Gasteiger partial charge is 0.339 e. The number of hydrogen-bond acceptors (Lipinski definition) is 5. The second-order valence-electron chi connectivity index (χ2n) is 4.31. The van der Waals surface area contributed by atoms with Gasteiger partial charge in [-0.15, -0.1) is 0 Å². The van der Waals surface area contributed by atoms with Crippen LogP contribution in [0.2, 0.25) is 0 Å².